The van der Waals surface area contributed by atoms with Crippen molar-refractivity contribution in [2.24, 2.45) is 0 Å². The Morgan fingerprint density at radius 1 is 1.29 bits per heavy atom. The number of nitrogens with one attached hydrogen (secondary N) is 1. The molecule has 1 N–H and O–H groups in total. The van der Waals surface area contributed by atoms with Crippen LogP contribution >= 0.6 is 0 Å². The molecule has 6 nitrogen and oxygen atoms in total. The maximum atomic E-state index is 12.5. The highest BCUT2D eigenvalue weighted by Gasteiger charge is 2.25. The molecular weight excluding hydrogens is 352 g/mol. The van der Waals surface area contributed by atoms with Gasteiger partial charge in [-0.25, -0.2) is 9.78 Å². The van der Waals surface area contributed by atoms with Gasteiger partial charge in [-0.3, -0.25) is 0 Å². The molecule has 0 spiro atoms. The van der Waals surface area contributed by atoms with E-state index in [2.05, 4.69) is 41.9 Å². The standard InChI is InChI=1S/C22H32N4O2/c1-6-9-18-16(7-2)19-17(10-11-23-19)20(24-18)25-12-8-13-26(15-14-25)21(27)28-22(3,4)5/h7,9-11,23H,6,8,12-15H2,1-5H3/b16-7+,18-9+. The van der Waals surface area contributed by atoms with Crippen LogP contribution in [0.3, 0.4) is 0 Å². The first-order valence-electron chi connectivity index (χ1n) is 10.2. The van der Waals surface area contributed by atoms with Crippen LogP contribution in [-0.4, -0.2) is 52.7 Å². The van der Waals surface area contributed by atoms with Crippen molar-refractivity contribution < 1.29 is 9.53 Å². The van der Waals surface area contributed by atoms with Crippen molar-refractivity contribution in [1.82, 2.24) is 14.9 Å². The minimum atomic E-state index is -0.473. The molecule has 0 saturated carbocycles. The van der Waals surface area contributed by atoms with Crippen molar-refractivity contribution in [2.45, 2.75) is 53.1 Å². The van der Waals surface area contributed by atoms with Crippen molar-refractivity contribution in [1.29, 1.82) is 0 Å². The molecule has 1 aliphatic heterocycles. The SMILES string of the molecule is C/C=c1\c(=C/CC)nc(N2CCCN(C(=O)OC(C)(C)C)CC2)c2cc[nH]c12. The van der Waals surface area contributed by atoms with Gasteiger partial charge in [-0.2, -0.15) is 0 Å². The lowest BCUT2D eigenvalue weighted by Gasteiger charge is -2.26. The van der Waals surface area contributed by atoms with Crippen LogP contribution in [0.2, 0.25) is 0 Å². The van der Waals surface area contributed by atoms with Crippen molar-refractivity contribution in [2.75, 3.05) is 31.1 Å². The van der Waals surface area contributed by atoms with E-state index in [1.165, 1.54) is 0 Å². The number of aromatic amines is 1. The Labute approximate surface area is 166 Å². The number of ether oxygens (including phenoxy) is 1. The number of pyridine rings is 1. The average molecular weight is 385 g/mol. The van der Waals surface area contributed by atoms with Crippen LogP contribution in [0.5, 0.6) is 0 Å². The van der Waals surface area contributed by atoms with Gasteiger partial charge in [0, 0.05) is 43.0 Å². The number of nitrogens with zero attached hydrogens (tertiary/aromatic N) is 3. The molecule has 2 aromatic rings. The van der Waals surface area contributed by atoms with Gasteiger partial charge in [-0.05, 0) is 46.6 Å². The van der Waals surface area contributed by atoms with Gasteiger partial charge in [0.2, 0.25) is 0 Å². The molecule has 1 aliphatic rings. The molecule has 1 amide bonds. The summed E-state index contributed by atoms with van der Waals surface area (Å²) in [5.74, 6) is 0.993. The van der Waals surface area contributed by atoms with Gasteiger partial charge in [0.05, 0.1) is 10.9 Å². The second-order valence-corrected chi connectivity index (χ2v) is 8.21. The summed E-state index contributed by atoms with van der Waals surface area (Å²) in [4.78, 5) is 25.0. The minimum Gasteiger partial charge on any atom is -0.444 e. The predicted octanol–water partition coefficient (Wildman–Crippen LogP) is 3.00. The highest BCUT2D eigenvalue weighted by Crippen LogP contribution is 2.22. The average Bonchev–Trinajstić information content (AvgIpc) is 2.97. The number of H-pyrrole nitrogens is 1. The Hall–Kier alpha value is -2.50. The fourth-order valence-electron chi connectivity index (χ4n) is 3.66. The first-order valence-corrected chi connectivity index (χ1v) is 10.2. The number of anilines is 1. The summed E-state index contributed by atoms with van der Waals surface area (Å²) in [6.45, 7) is 12.8. The Morgan fingerprint density at radius 2 is 2.07 bits per heavy atom. The molecule has 0 atom stereocenters. The van der Waals surface area contributed by atoms with Gasteiger partial charge in [-0.15, -0.1) is 0 Å². The second kappa shape index (κ2) is 8.25. The van der Waals surface area contributed by atoms with E-state index in [0.29, 0.717) is 13.1 Å². The van der Waals surface area contributed by atoms with Crippen molar-refractivity contribution in [3.05, 3.63) is 22.8 Å². The molecule has 0 bridgehead atoms. The summed E-state index contributed by atoms with van der Waals surface area (Å²) >= 11 is 0. The Kier molecular flexibility index (Phi) is 5.96. The quantitative estimate of drug-likeness (QED) is 0.865. The highest BCUT2D eigenvalue weighted by atomic mass is 16.6. The molecule has 0 aliphatic carbocycles. The Balaban J connectivity index is 1.91. The molecule has 2 aromatic heterocycles. The molecule has 28 heavy (non-hydrogen) atoms. The molecule has 1 fully saturated rings. The lowest BCUT2D eigenvalue weighted by molar-refractivity contribution is 0.0263. The number of carbonyl (C=O) groups excluding carboxylic acids is 1. The van der Waals surface area contributed by atoms with Crippen LogP contribution in [0.15, 0.2) is 12.3 Å². The number of aromatic nitrogens is 2. The molecule has 3 rings (SSSR count). The van der Waals surface area contributed by atoms with Crippen LogP contribution in [0.25, 0.3) is 23.1 Å². The first kappa shape index (κ1) is 20.2. The maximum absolute atomic E-state index is 12.5. The number of fused-ring (bicyclic) bond motifs is 1. The number of rotatable bonds is 2. The summed E-state index contributed by atoms with van der Waals surface area (Å²) < 4.78 is 5.55. The van der Waals surface area contributed by atoms with E-state index in [9.17, 15) is 4.79 Å². The van der Waals surface area contributed by atoms with Crippen molar-refractivity contribution in [3.63, 3.8) is 0 Å². The number of carbonyl (C=O) groups is 1. The summed E-state index contributed by atoms with van der Waals surface area (Å²) in [5, 5.41) is 3.30. The van der Waals surface area contributed by atoms with E-state index < -0.39 is 5.60 Å². The fraction of sp³-hybridized carbons (Fsp3) is 0.545. The monoisotopic (exact) mass is 384 g/mol. The zero-order valence-corrected chi connectivity index (χ0v) is 17.7. The third-order valence-electron chi connectivity index (χ3n) is 4.89. The number of hydrogen-bond donors (Lipinski definition) is 1. The smallest absolute Gasteiger partial charge is 0.410 e. The second-order valence-electron chi connectivity index (χ2n) is 8.21. The third kappa shape index (κ3) is 4.32. The van der Waals surface area contributed by atoms with Gasteiger partial charge >= 0.3 is 6.09 Å². The third-order valence-corrected chi connectivity index (χ3v) is 4.89. The summed E-state index contributed by atoms with van der Waals surface area (Å²) in [6, 6.07) is 2.09. The Morgan fingerprint density at radius 3 is 2.75 bits per heavy atom. The summed E-state index contributed by atoms with van der Waals surface area (Å²) in [6.07, 6.45) is 7.86. The van der Waals surface area contributed by atoms with Crippen LogP contribution in [0.4, 0.5) is 10.6 Å². The lowest BCUT2D eigenvalue weighted by atomic mass is 10.2. The molecule has 152 valence electrons. The Bertz CT molecular complexity index is 955. The van der Waals surface area contributed by atoms with Crippen molar-refractivity contribution in [3.8, 4) is 0 Å². The molecule has 3 heterocycles. The van der Waals surface area contributed by atoms with Crippen molar-refractivity contribution >= 4 is 35.0 Å². The normalized spacial score (nSPS) is 17.3. The molecule has 0 unspecified atom stereocenters. The molecule has 6 heteroatoms. The highest BCUT2D eigenvalue weighted by molar-refractivity contribution is 5.91. The van der Waals surface area contributed by atoms with E-state index in [1.54, 1.807) is 0 Å². The largest absolute Gasteiger partial charge is 0.444 e. The maximum Gasteiger partial charge on any atom is 0.410 e. The lowest BCUT2D eigenvalue weighted by Crippen LogP contribution is -2.39. The van der Waals surface area contributed by atoms with Gasteiger partial charge in [0.1, 0.15) is 11.4 Å². The summed E-state index contributed by atoms with van der Waals surface area (Å²) in [7, 11) is 0. The van der Waals surface area contributed by atoms with E-state index in [-0.39, 0.29) is 6.09 Å². The topological polar surface area (TPSA) is 61.5 Å². The fourth-order valence-corrected chi connectivity index (χ4v) is 3.66. The zero-order valence-electron chi connectivity index (χ0n) is 17.7. The first-order chi connectivity index (χ1) is 13.3. The number of amides is 1. The van der Waals surface area contributed by atoms with Gasteiger partial charge in [0.25, 0.3) is 0 Å². The molecule has 0 aromatic carbocycles. The van der Waals surface area contributed by atoms with Crippen LogP contribution in [0.1, 0.15) is 47.5 Å². The van der Waals surface area contributed by atoms with E-state index in [1.807, 2.05) is 31.9 Å². The molecule has 0 radical (unpaired) electrons. The van der Waals surface area contributed by atoms with Gasteiger partial charge < -0.3 is 19.5 Å². The van der Waals surface area contributed by atoms with E-state index >= 15 is 0 Å². The molecule has 1 saturated heterocycles. The van der Waals surface area contributed by atoms with E-state index in [0.717, 1.165) is 53.2 Å². The van der Waals surface area contributed by atoms with Crippen LogP contribution < -0.4 is 15.5 Å². The number of hydrogen-bond acceptors (Lipinski definition) is 4. The van der Waals surface area contributed by atoms with Gasteiger partial charge in [0.15, 0.2) is 0 Å². The van der Waals surface area contributed by atoms with Gasteiger partial charge in [-0.1, -0.05) is 19.1 Å². The van der Waals surface area contributed by atoms with Crippen LogP contribution in [-0.2, 0) is 4.74 Å². The van der Waals surface area contributed by atoms with Crippen LogP contribution in [0, 0.1) is 0 Å². The molecular formula is C22H32N4O2. The minimum absolute atomic E-state index is 0.231. The predicted molar refractivity (Wildman–Crippen MR) is 115 cm³/mol. The summed E-state index contributed by atoms with van der Waals surface area (Å²) in [5.41, 5.74) is 0.652. The zero-order chi connectivity index (χ0) is 20.3. The van der Waals surface area contributed by atoms with E-state index in [4.69, 9.17) is 9.72 Å².